The Balaban J connectivity index is 1.61. The summed E-state index contributed by atoms with van der Waals surface area (Å²) >= 11 is 0. The topological polar surface area (TPSA) is 80.4 Å². The number of ketones is 1. The van der Waals surface area contributed by atoms with Gasteiger partial charge in [-0.3, -0.25) is 9.59 Å². The van der Waals surface area contributed by atoms with Crippen molar-refractivity contribution in [1.29, 1.82) is 0 Å². The first-order chi connectivity index (χ1) is 12.0. The summed E-state index contributed by atoms with van der Waals surface area (Å²) in [6.45, 7) is 4.85. The molecule has 2 aliphatic rings. The first-order valence-corrected chi connectivity index (χ1v) is 8.42. The van der Waals surface area contributed by atoms with Gasteiger partial charge in [-0.15, -0.1) is 0 Å². The zero-order valence-electron chi connectivity index (χ0n) is 14.3. The van der Waals surface area contributed by atoms with E-state index >= 15 is 0 Å². The number of rotatable bonds is 2. The molecule has 0 atom stereocenters. The molecule has 0 fully saturated rings. The summed E-state index contributed by atoms with van der Waals surface area (Å²) in [4.78, 5) is 28.5. The van der Waals surface area contributed by atoms with E-state index in [0.717, 1.165) is 18.5 Å². The summed E-state index contributed by atoms with van der Waals surface area (Å²) in [6.07, 6.45) is 3.17. The van der Waals surface area contributed by atoms with Crippen LogP contribution in [0.15, 0.2) is 24.4 Å². The minimum atomic E-state index is -0.443. The zero-order valence-corrected chi connectivity index (χ0v) is 14.3. The normalized spacial score (nSPS) is 17.8. The summed E-state index contributed by atoms with van der Waals surface area (Å²) in [7, 11) is 0. The van der Waals surface area contributed by atoms with Crippen molar-refractivity contribution in [2.45, 2.75) is 26.7 Å². The number of nitrogens with one attached hydrogen (secondary N) is 2. The number of benzene rings is 1. The molecule has 0 spiro atoms. The number of carbonyl (C=O) groups excluding carboxylic acids is 2. The van der Waals surface area contributed by atoms with Gasteiger partial charge < -0.3 is 19.8 Å². The predicted octanol–water partition coefficient (Wildman–Crippen LogP) is 3.19. The maximum atomic E-state index is 12.7. The van der Waals surface area contributed by atoms with Crippen LogP contribution in [0.3, 0.4) is 0 Å². The summed E-state index contributed by atoms with van der Waals surface area (Å²) in [5.41, 5.74) is 1.92. The Hall–Kier alpha value is -2.76. The van der Waals surface area contributed by atoms with Crippen molar-refractivity contribution in [1.82, 2.24) is 4.98 Å². The van der Waals surface area contributed by atoms with Gasteiger partial charge in [-0.2, -0.15) is 0 Å². The highest BCUT2D eigenvalue weighted by atomic mass is 16.6. The van der Waals surface area contributed by atoms with Gasteiger partial charge in [0.2, 0.25) is 0 Å². The average molecular weight is 340 g/mol. The van der Waals surface area contributed by atoms with Crippen molar-refractivity contribution in [2.24, 2.45) is 5.41 Å². The molecule has 6 nitrogen and oxygen atoms in total. The summed E-state index contributed by atoms with van der Waals surface area (Å²) in [5.74, 6) is 0.986. The van der Waals surface area contributed by atoms with Crippen LogP contribution >= 0.6 is 0 Å². The lowest BCUT2D eigenvalue weighted by Crippen LogP contribution is -2.31. The predicted molar refractivity (Wildman–Crippen MR) is 92.6 cm³/mol. The van der Waals surface area contributed by atoms with Gasteiger partial charge >= 0.3 is 0 Å². The highest BCUT2D eigenvalue weighted by Crippen LogP contribution is 2.37. The molecule has 0 bridgehead atoms. The number of aromatic amines is 1. The number of hydrogen-bond donors (Lipinski definition) is 2. The monoisotopic (exact) mass is 340 g/mol. The third-order valence-electron chi connectivity index (χ3n) is 4.85. The number of H-pyrrole nitrogens is 1. The zero-order chi connectivity index (χ0) is 17.6. The number of hydrogen-bond acceptors (Lipinski definition) is 4. The Morgan fingerprint density at radius 1 is 1.20 bits per heavy atom. The fourth-order valence-corrected chi connectivity index (χ4v) is 3.31. The molecule has 4 rings (SSSR count). The number of aryl methyl sites for hydroxylation is 1. The van der Waals surface area contributed by atoms with Gasteiger partial charge in [-0.1, -0.05) is 13.8 Å². The van der Waals surface area contributed by atoms with Crippen LogP contribution in [0.25, 0.3) is 0 Å². The van der Waals surface area contributed by atoms with E-state index in [1.165, 1.54) is 0 Å². The quantitative estimate of drug-likeness (QED) is 0.880. The second-order valence-corrected chi connectivity index (χ2v) is 7.08. The van der Waals surface area contributed by atoms with Crippen LogP contribution in [0.4, 0.5) is 5.69 Å². The van der Waals surface area contributed by atoms with Crippen LogP contribution in [-0.4, -0.2) is 29.9 Å². The number of carbonyl (C=O) groups is 2. The van der Waals surface area contributed by atoms with E-state index in [-0.39, 0.29) is 11.7 Å². The molecule has 6 heteroatoms. The van der Waals surface area contributed by atoms with Crippen LogP contribution in [0, 0.1) is 5.41 Å². The molecule has 0 radical (unpaired) electrons. The second-order valence-electron chi connectivity index (χ2n) is 7.08. The first-order valence-electron chi connectivity index (χ1n) is 8.42. The fourth-order valence-electron chi connectivity index (χ4n) is 3.31. The van der Waals surface area contributed by atoms with E-state index in [4.69, 9.17) is 9.47 Å². The van der Waals surface area contributed by atoms with Crippen LogP contribution in [0.5, 0.6) is 11.5 Å². The third kappa shape index (κ3) is 2.67. The summed E-state index contributed by atoms with van der Waals surface area (Å²) < 4.78 is 11.0. The SMILES string of the molecule is CC1(C)CCc2[nH]cc(C(=O)Nc3ccc4c(c3)OCCO4)c2C1=O. The number of aromatic nitrogens is 1. The van der Waals surface area contributed by atoms with Gasteiger partial charge in [0, 0.05) is 29.1 Å². The van der Waals surface area contributed by atoms with Crippen molar-refractivity contribution in [2.75, 3.05) is 18.5 Å². The minimum absolute atomic E-state index is 0.0160. The van der Waals surface area contributed by atoms with E-state index in [2.05, 4.69) is 10.3 Å². The van der Waals surface area contributed by atoms with Crippen LogP contribution in [0.1, 0.15) is 46.7 Å². The number of Topliss-reactive ketones (excluding diaryl/α,β-unsaturated/α-hetero) is 1. The van der Waals surface area contributed by atoms with Crippen molar-refractivity contribution >= 4 is 17.4 Å². The van der Waals surface area contributed by atoms with Crippen molar-refractivity contribution < 1.29 is 19.1 Å². The molecule has 1 aliphatic carbocycles. The lowest BCUT2D eigenvalue weighted by molar-refractivity contribution is 0.0805. The molecule has 2 N–H and O–H groups in total. The lowest BCUT2D eigenvalue weighted by Gasteiger charge is -2.28. The number of ether oxygens (including phenoxy) is 2. The molecular formula is C19H20N2O4. The van der Waals surface area contributed by atoms with Crippen molar-refractivity contribution in [3.8, 4) is 11.5 Å². The van der Waals surface area contributed by atoms with Crippen LogP contribution in [-0.2, 0) is 6.42 Å². The maximum absolute atomic E-state index is 12.7. The molecule has 1 amide bonds. The highest BCUT2D eigenvalue weighted by Gasteiger charge is 2.38. The minimum Gasteiger partial charge on any atom is -0.486 e. The Labute approximate surface area is 145 Å². The van der Waals surface area contributed by atoms with E-state index < -0.39 is 5.41 Å². The number of amides is 1. The third-order valence-corrected chi connectivity index (χ3v) is 4.85. The molecule has 130 valence electrons. The van der Waals surface area contributed by atoms with Gasteiger partial charge in [0.25, 0.3) is 5.91 Å². The Morgan fingerprint density at radius 2 is 1.96 bits per heavy atom. The largest absolute Gasteiger partial charge is 0.486 e. The lowest BCUT2D eigenvalue weighted by atomic mass is 9.74. The molecule has 1 aromatic carbocycles. The van der Waals surface area contributed by atoms with Gasteiger partial charge in [0.15, 0.2) is 17.3 Å². The molecule has 0 saturated heterocycles. The van der Waals surface area contributed by atoms with E-state index in [1.54, 1.807) is 24.4 Å². The standard InChI is InChI=1S/C19H20N2O4/c1-19(2)6-5-13-16(17(19)22)12(10-20-13)18(23)21-11-3-4-14-15(9-11)25-8-7-24-14/h3-4,9-10,20H,5-8H2,1-2H3,(H,21,23). The Morgan fingerprint density at radius 3 is 2.76 bits per heavy atom. The molecule has 25 heavy (non-hydrogen) atoms. The van der Waals surface area contributed by atoms with Gasteiger partial charge in [0.1, 0.15) is 13.2 Å². The smallest absolute Gasteiger partial charge is 0.257 e. The molecular weight excluding hydrogens is 320 g/mol. The van der Waals surface area contributed by atoms with Crippen molar-refractivity contribution in [3.05, 3.63) is 41.2 Å². The van der Waals surface area contributed by atoms with E-state index in [9.17, 15) is 9.59 Å². The van der Waals surface area contributed by atoms with Gasteiger partial charge in [-0.05, 0) is 25.0 Å². The van der Waals surface area contributed by atoms with E-state index in [1.807, 2.05) is 13.8 Å². The maximum Gasteiger partial charge on any atom is 0.257 e. The first kappa shape index (κ1) is 15.7. The molecule has 1 aliphatic heterocycles. The summed E-state index contributed by atoms with van der Waals surface area (Å²) in [6, 6.07) is 5.26. The van der Waals surface area contributed by atoms with Gasteiger partial charge in [0.05, 0.1) is 11.1 Å². The molecule has 0 unspecified atom stereocenters. The number of fused-ring (bicyclic) bond motifs is 2. The van der Waals surface area contributed by atoms with Crippen molar-refractivity contribution in [3.63, 3.8) is 0 Å². The molecule has 2 heterocycles. The second kappa shape index (κ2) is 5.65. The van der Waals surface area contributed by atoms with E-state index in [0.29, 0.717) is 41.5 Å². The number of anilines is 1. The average Bonchev–Trinajstić information content (AvgIpc) is 3.03. The fraction of sp³-hybridized carbons (Fsp3) is 0.368. The Bertz CT molecular complexity index is 866. The molecule has 1 aromatic heterocycles. The molecule has 0 saturated carbocycles. The highest BCUT2D eigenvalue weighted by molar-refractivity contribution is 6.15. The van der Waals surface area contributed by atoms with Crippen LogP contribution in [0.2, 0.25) is 0 Å². The Kier molecular flexibility index (Phi) is 3.56. The van der Waals surface area contributed by atoms with Gasteiger partial charge in [-0.25, -0.2) is 0 Å². The van der Waals surface area contributed by atoms with Crippen LogP contribution < -0.4 is 14.8 Å². The molecule has 2 aromatic rings. The summed E-state index contributed by atoms with van der Waals surface area (Å²) in [5, 5.41) is 2.85.